The van der Waals surface area contributed by atoms with Crippen LogP contribution in [0.4, 0.5) is 18.9 Å². The molecule has 2 heterocycles. The van der Waals surface area contributed by atoms with E-state index in [1.165, 1.54) is 11.0 Å². The van der Waals surface area contributed by atoms with Gasteiger partial charge in [-0.25, -0.2) is 4.79 Å². The minimum absolute atomic E-state index is 0.0135. The number of amides is 2. The van der Waals surface area contributed by atoms with Gasteiger partial charge in [0.1, 0.15) is 6.04 Å². The quantitative estimate of drug-likeness (QED) is 0.869. The number of piperidine rings is 1. The SMILES string of the molecule is O=C(O)[C@H]1CCCCN1C(=O)c1cc(N2CCCC2=O)cc(C(F)(F)F)c1. The first-order chi connectivity index (χ1) is 12.7. The summed E-state index contributed by atoms with van der Waals surface area (Å²) in [4.78, 5) is 38.5. The van der Waals surface area contributed by atoms with Crippen molar-refractivity contribution in [1.29, 1.82) is 0 Å². The number of nitrogens with zero attached hydrogens (tertiary/aromatic N) is 2. The molecule has 0 spiro atoms. The molecular weight excluding hydrogens is 365 g/mol. The summed E-state index contributed by atoms with van der Waals surface area (Å²) in [5, 5.41) is 9.32. The minimum Gasteiger partial charge on any atom is -0.480 e. The van der Waals surface area contributed by atoms with Crippen molar-refractivity contribution in [1.82, 2.24) is 4.90 Å². The Labute approximate surface area is 153 Å². The molecule has 2 fully saturated rings. The number of benzene rings is 1. The highest BCUT2D eigenvalue weighted by Crippen LogP contribution is 2.35. The zero-order chi connectivity index (χ0) is 19.8. The van der Waals surface area contributed by atoms with E-state index in [0.29, 0.717) is 19.3 Å². The van der Waals surface area contributed by atoms with Gasteiger partial charge >= 0.3 is 12.1 Å². The minimum atomic E-state index is -4.69. The van der Waals surface area contributed by atoms with Gasteiger partial charge in [0.25, 0.3) is 5.91 Å². The summed E-state index contributed by atoms with van der Waals surface area (Å²) in [5.74, 6) is -2.24. The number of carboxylic acid groups (broad SMARTS) is 1. The summed E-state index contributed by atoms with van der Waals surface area (Å²) in [6.45, 7) is 0.458. The van der Waals surface area contributed by atoms with Gasteiger partial charge in [-0.2, -0.15) is 13.2 Å². The van der Waals surface area contributed by atoms with Crippen LogP contribution >= 0.6 is 0 Å². The number of carbonyl (C=O) groups excluding carboxylic acids is 2. The number of hydrogen-bond donors (Lipinski definition) is 1. The van der Waals surface area contributed by atoms with Crippen molar-refractivity contribution in [2.24, 2.45) is 0 Å². The van der Waals surface area contributed by atoms with Crippen LogP contribution in [0, 0.1) is 0 Å². The van der Waals surface area contributed by atoms with Crippen molar-refractivity contribution in [3.63, 3.8) is 0 Å². The Bertz CT molecular complexity index is 778. The van der Waals surface area contributed by atoms with Crippen LogP contribution in [0.1, 0.15) is 48.0 Å². The number of halogens is 3. The smallest absolute Gasteiger partial charge is 0.416 e. The Hall–Kier alpha value is -2.58. The van der Waals surface area contributed by atoms with E-state index in [1.54, 1.807) is 0 Å². The Morgan fingerprint density at radius 2 is 1.81 bits per heavy atom. The fourth-order valence-corrected chi connectivity index (χ4v) is 3.57. The molecule has 0 aliphatic carbocycles. The molecule has 1 atom stereocenters. The lowest BCUT2D eigenvalue weighted by Crippen LogP contribution is -2.48. The predicted octanol–water partition coefficient (Wildman–Crippen LogP) is 2.91. The van der Waals surface area contributed by atoms with Gasteiger partial charge in [-0.1, -0.05) is 0 Å². The van der Waals surface area contributed by atoms with Crippen LogP contribution in [0.25, 0.3) is 0 Å². The molecule has 3 rings (SSSR count). The highest BCUT2D eigenvalue weighted by atomic mass is 19.4. The van der Waals surface area contributed by atoms with Crippen LogP contribution in [0.2, 0.25) is 0 Å². The monoisotopic (exact) mass is 384 g/mol. The summed E-state index contributed by atoms with van der Waals surface area (Å²) in [7, 11) is 0. The number of hydrogen-bond acceptors (Lipinski definition) is 3. The van der Waals surface area contributed by atoms with E-state index in [2.05, 4.69) is 0 Å². The molecular formula is C18H19F3N2O4. The molecule has 1 aromatic carbocycles. The summed E-state index contributed by atoms with van der Waals surface area (Å²) < 4.78 is 40.0. The first-order valence-corrected chi connectivity index (χ1v) is 8.75. The number of anilines is 1. The Balaban J connectivity index is 2.01. The maximum Gasteiger partial charge on any atom is 0.416 e. The van der Waals surface area contributed by atoms with Crippen molar-refractivity contribution < 1.29 is 32.7 Å². The topological polar surface area (TPSA) is 77.9 Å². The molecule has 2 aliphatic heterocycles. The number of carboxylic acids is 1. The first-order valence-electron chi connectivity index (χ1n) is 8.75. The van der Waals surface area contributed by atoms with Crippen LogP contribution in [0.5, 0.6) is 0 Å². The lowest BCUT2D eigenvalue weighted by Gasteiger charge is -2.33. The van der Waals surface area contributed by atoms with E-state index in [0.717, 1.165) is 17.0 Å². The third-order valence-corrected chi connectivity index (χ3v) is 4.93. The van der Waals surface area contributed by atoms with Gasteiger partial charge in [0.15, 0.2) is 0 Å². The molecule has 6 nitrogen and oxygen atoms in total. The maximum atomic E-state index is 13.3. The normalized spacial score (nSPS) is 20.9. The number of aliphatic carboxylic acids is 1. The number of alkyl halides is 3. The molecule has 0 aromatic heterocycles. The van der Waals surface area contributed by atoms with Gasteiger partial charge in [-0.05, 0) is 43.9 Å². The molecule has 2 saturated heterocycles. The van der Waals surface area contributed by atoms with E-state index in [4.69, 9.17) is 0 Å². The van der Waals surface area contributed by atoms with E-state index < -0.39 is 29.7 Å². The van der Waals surface area contributed by atoms with Gasteiger partial charge in [-0.15, -0.1) is 0 Å². The summed E-state index contributed by atoms with van der Waals surface area (Å²) in [6, 6.07) is 1.76. The molecule has 1 N–H and O–H groups in total. The molecule has 2 amide bonds. The fourth-order valence-electron chi connectivity index (χ4n) is 3.57. The number of likely N-dealkylation sites (tertiary alicyclic amines) is 1. The molecule has 0 radical (unpaired) electrons. The van der Waals surface area contributed by atoms with Gasteiger partial charge in [-0.3, -0.25) is 9.59 Å². The Morgan fingerprint density at radius 3 is 2.41 bits per heavy atom. The largest absolute Gasteiger partial charge is 0.480 e. The zero-order valence-corrected chi connectivity index (χ0v) is 14.5. The summed E-state index contributed by atoms with van der Waals surface area (Å²) in [5.41, 5.74) is -1.28. The van der Waals surface area contributed by atoms with Crippen molar-refractivity contribution in [3.8, 4) is 0 Å². The second-order valence-electron chi connectivity index (χ2n) is 6.76. The molecule has 0 saturated carbocycles. The van der Waals surface area contributed by atoms with Gasteiger partial charge in [0.2, 0.25) is 5.91 Å². The molecule has 2 aliphatic rings. The van der Waals surface area contributed by atoms with E-state index in [9.17, 15) is 32.7 Å². The lowest BCUT2D eigenvalue weighted by atomic mass is 10.00. The number of carbonyl (C=O) groups is 3. The average molecular weight is 384 g/mol. The zero-order valence-electron chi connectivity index (χ0n) is 14.5. The van der Waals surface area contributed by atoms with E-state index in [1.807, 2.05) is 0 Å². The lowest BCUT2D eigenvalue weighted by molar-refractivity contribution is -0.143. The Kier molecular flexibility index (Phi) is 5.12. The van der Waals surface area contributed by atoms with Crippen molar-refractivity contribution in [2.75, 3.05) is 18.0 Å². The number of rotatable bonds is 3. The van der Waals surface area contributed by atoms with Crippen LogP contribution in [0.3, 0.4) is 0 Å². The van der Waals surface area contributed by atoms with Crippen molar-refractivity contribution >= 4 is 23.5 Å². The molecule has 146 valence electrons. The second kappa shape index (κ2) is 7.21. The average Bonchev–Trinajstić information content (AvgIpc) is 3.06. The molecule has 0 unspecified atom stereocenters. The van der Waals surface area contributed by atoms with Crippen LogP contribution in [-0.4, -0.2) is 46.9 Å². The highest BCUT2D eigenvalue weighted by molar-refractivity contribution is 6.00. The van der Waals surface area contributed by atoms with E-state index >= 15 is 0 Å². The fraction of sp³-hybridized carbons (Fsp3) is 0.500. The first kappa shape index (κ1) is 19.2. The molecule has 0 bridgehead atoms. The van der Waals surface area contributed by atoms with Gasteiger partial charge in [0, 0.05) is 30.8 Å². The van der Waals surface area contributed by atoms with Crippen LogP contribution in [0.15, 0.2) is 18.2 Å². The third-order valence-electron chi connectivity index (χ3n) is 4.93. The standard InChI is InChI=1S/C18H19F3N2O4/c19-18(20,21)12-8-11(9-13(10-12)22-7-3-5-15(22)24)16(25)23-6-2-1-4-14(23)17(26)27/h8-10,14H,1-7H2,(H,26,27)/t14-/m1/s1. The van der Waals surface area contributed by atoms with E-state index in [-0.39, 0.29) is 43.1 Å². The van der Waals surface area contributed by atoms with Crippen LogP contribution < -0.4 is 4.90 Å². The molecule has 27 heavy (non-hydrogen) atoms. The molecule has 1 aromatic rings. The van der Waals surface area contributed by atoms with Crippen molar-refractivity contribution in [2.45, 2.75) is 44.3 Å². The third kappa shape index (κ3) is 3.91. The van der Waals surface area contributed by atoms with Gasteiger partial charge < -0.3 is 14.9 Å². The van der Waals surface area contributed by atoms with Gasteiger partial charge in [0.05, 0.1) is 5.56 Å². The summed E-state index contributed by atoms with van der Waals surface area (Å²) in [6.07, 6.45) is -2.43. The maximum absolute atomic E-state index is 13.3. The second-order valence-corrected chi connectivity index (χ2v) is 6.76. The Morgan fingerprint density at radius 1 is 1.07 bits per heavy atom. The highest BCUT2D eigenvalue weighted by Gasteiger charge is 2.36. The molecule has 9 heteroatoms. The predicted molar refractivity (Wildman–Crippen MR) is 89.3 cm³/mol. The summed E-state index contributed by atoms with van der Waals surface area (Å²) >= 11 is 0. The van der Waals surface area contributed by atoms with Crippen LogP contribution in [-0.2, 0) is 15.8 Å². The van der Waals surface area contributed by atoms with Crippen molar-refractivity contribution in [3.05, 3.63) is 29.3 Å².